The molecule has 2 heterocycles. The number of nitrogens with zero attached hydrogens (tertiary/aromatic N) is 3. The minimum Gasteiger partial charge on any atom is -0.459 e. The number of ether oxygens (including phenoxy) is 5. The minimum absolute atomic E-state index is 0.00801. The number of non-ortho nitro benzene ring substituents is 1. The van der Waals surface area contributed by atoms with E-state index < -0.39 is 22.7 Å². The van der Waals surface area contributed by atoms with Crippen molar-refractivity contribution in [3.63, 3.8) is 0 Å². The van der Waals surface area contributed by atoms with E-state index in [0.717, 1.165) is 53.5 Å². The molecule has 6 unspecified atom stereocenters. The molecule has 5 aromatic rings. The summed E-state index contributed by atoms with van der Waals surface area (Å²) in [6, 6.07) is 34.8. The van der Waals surface area contributed by atoms with Gasteiger partial charge in [-0.25, -0.2) is 0 Å². The van der Waals surface area contributed by atoms with Crippen LogP contribution in [0.25, 0.3) is 17.2 Å². The highest BCUT2D eigenvalue weighted by atomic mass is 16.7. The normalized spacial score (nSPS) is 22.2. The summed E-state index contributed by atoms with van der Waals surface area (Å²) >= 11 is 0. The first-order valence-corrected chi connectivity index (χ1v) is 24.3. The molecule has 0 saturated heterocycles. The fourth-order valence-corrected chi connectivity index (χ4v) is 10.9. The number of fused-ring (bicyclic) bond motifs is 3. The predicted octanol–water partition coefficient (Wildman–Crippen LogP) is 10.8. The van der Waals surface area contributed by atoms with Crippen LogP contribution in [-0.4, -0.2) is 77.2 Å². The average Bonchev–Trinajstić information content (AvgIpc) is 3.87. The highest BCUT2D eigenvalue weighted by Gasteiger charge is 2.65. The lowest BCUT2D eigenvalue weighted by Gasteiger charge is -2.60. The lowest BCUT2D eigenvalue weighted by Crippen LogP contribution is -2.70. The van der Waals surface area contributed by atoms with Crippen LogP contribution in [0.2, 0.25) is 0 Å². The molecule has 2 aliphatic heterocycles. The Hall–Kier alpha value is -7.26. The van der Waals surface area contributed by atoms with Crippen molar-refractivity contribution in [2.75, 3.05) is 33.7 Å². The predicted molar refractivity (Wildman–Crippen MR) is 269 cm³/mol. The largest absolute Gasteiger partial charge is 0.459 e. The number of oxime groups is 1. The monoisotopic (exact) mass is 961 g/mol. The molecule has 0 bridgehead atoms. The Balaban J connectivity index is 1.20. The summed E-state index contributed by atoms with van der Waals surface area (Å²) < 4.78 is 32.7. The highest BCUT2D eigenvalue weighted by Crippen LogP contribution is 2.62. The van der Waals surface area contributed by atoms with E-state index in [1.165, 1.54) is 25.3 Å². The molecule has 9 rings (SSSR count). The maximum absolute atomic E-state index is 15.2. The van der Waals surface area contributed by atoms with Crippen LogP contribution in [0.15, 0.2) is 151 Å². The molecule has 14 heteroatoms. The molecule has 368 valence electrons. The lowest BCUT2D eigenvalue weighted by atomic mass is 9.55. The van der Waals surface area contributed by atoms with Gasteiger partial charge < -0.3 is 43.6 Å². The van der Waals surface area contributed by atoms with E-state index in [1.54, 1.807) is 29.2 Å². The molecule has 1 saturated carbocycles. The van der Waals surface area contributed by atoms with Gasteiger partial charge in [0.2, 0.25) is 18.5 Å². The maximum atomic E-state index is 15.2. The zero-order valence-electron chi connectivity index (χ0n) is 39.8. The van der Waals surface area contributed by atoms with Crippen LogP contribution in [-0.2, 0) is 20.9 Å². The summed E-state index contributed by atoms with van der Waals surface area (Å²) in [4.78, 5) is 33.6. The van der Waals surface area contributed by atoms with Gasteiger partial charge in [0.1, 0.15) is 30.4 Å². The fraction of sp³-hybridized carbons (Fsp3) is 0.333. The number of rotatable bonds is 21. The lowest BCUT2D eigenvalue weighted by molar-refractivity contribution is -0.384. The van der Waals surface area contributed by atoms with Crippen LogP contribution in [0.5, 0.6) is 28.7 Å². The standard InChI is InChI=1S/C57H59N3O11/c1-3-31-69-57-53(59(36-39-17-26-51-52(32-39)68-37-67-51)54(63)28-18-38-15-21-43(22-16-38)60(64)65)35-49(58-66-2)47-33-42(13-7-9-29-61)46(14-8-10-30-62)55(56(47)57)48-34-45(25-27-50(48)71-57)70-44-23-19-41(20-24-44)40-11-5-4-6-12-40/h3-6,11-12,15-28,32-34,42,46,53,55-56,61-62H,1,7-10,13-14,29-31,35-37H2,2H3. The van der Waals surface area contributed by atoms with Crippen molar-refractivity contribution in [3.05, 3.63) is 172 Å². The molecule has 2 N–H and O–H groups in total. The SMILES string of the molecule is C=CCOC12Oc3ccc(Oc4ccc(-c5ccccc5)cc4)cc3C3C(CCCCO)C(CCCCO)C=C(C(=NOC)CC1N(Cc1ccc4c(c1)OCO4)C(=O)C=Cc1ccc([N+](=O)[O-])cc1)C32. The van der Waals surface area contributed by atoms with E-state index in [0.29, 0.717) is 52.9 Å². The van der Waals surface area contributed by atoms with Crippen LogP contribution in [0.4, 0.5) is 5.69 Å². The van der Waals surface area contributed by atoms with E-state index in [2.05, 4.69) is 30.9 Å². The van der Waals surface area contributed by atoms with E-state index in [4.69, 9.17) is 33.7 Å². The van der Waals surface area contributed by atoms with Gasteiger partial charge in [-0.1, -0.05) is 78.7 Å². The summed E-state index contributed by atoms with van der Waals surface area (Å²) in [6.45, 7) is 4.45. The van der Waals surface area contributed by atoms with Crippen molar-refractivity contribution in [2.24, 2.45) is 22.9 Å². The second-order valence-electron chi connectivity index (χ2n) is 18.3. The van der Waals surface area contributed by atoms with Gasteiger partial charge in [-0.15, -0.1) is 6.58 Å². The zero-order valence-corrected chi connectivity index (χ0v) is 39.8. The van der Waals surface area contributed by atoms with Gasteiger partial charge in [0.25, 0.3) is 5.69 Å². The molecule has 5 aromatic carbocycles. The van der Waals surface area contributed by atoms with Gasteiger partial charge >= 0.3 is 0 Å². The second kappa shape index (κ2) is 22.2. The number of amides is 1. The third-order valence-corrected chi connectivity index (χ3v) is 14.0. The fourth-order valence-electron chi connectivity index (χ4n) is 10.9. The first-order chi connectivity index (χ1) is 34.7. The van der Waals surface area contributed by atoms with Gasteiger partial charge in [0.15, 0.2) is 11.5 Å². The summed E-state index contributed by atoms with van der Waals surface area (Å²) in [6.07, 6.45) is 11.6. The van der Waals surface area contributed by atoms with Gasteiger partial charge in [-0.05, 0) is 126 Å². The Morgan fingerprint density at radius 3 is 2.32 bits per heavy atom. The first kappa shape index (κ1) is 48.8. The van der Waals surface area contributed by atoms with Crippen molar-refractivity contribution in [1.82, 2.24) is 4.90 Å². The number of nitro benzene ring substituents is 1. The number of aliphatic hydroxyl groups is 2. The number of unbranched alkanes of at least 4 members (excludes halogenated alkanes) is 2. The van der Waals surface area contributed by atoms with Crippen LogP contribution in [0.3, 0.4) is 0 Å². The molecular weight excluding hydrogens is 903 g/mol. The smallest absolute Gasteiger partial charge is 0.269 e. The molecule has 14 nitrogen and oxygen atoms in total. The summed E-state index contributed by atoms with van der Waals surface area (Å²) in [5, 5.41) is 36.2. The number of aliphatic hydroxyl groups excluding tert-OH is 2. The third-order valence-electron chi connectivity index (χ3n) is 14.0. The van der Waals surface area contributed by atoms with Crippen LogP contribution in [0, 0.1) is 27.9 Å². The highest BCUT2D eigenvalue weighted by molar-refractivity contribution is 6.03. The Morgan fingerprint density at radius 1 is 0.873 bits per heavy atom. The Bertz CT molecular complexity index is 2780. The van der Waals surface area contributed by atoms with Gasteiger partial charge in [-0.2, -0.15) is 0 Å². The zero-order chi connectivity index (χ0) is 49.3. The number of hydrogen-bond donors (Lipinski definition) is 2. The van der Waals surface area contributed by atoms with Crippen LogP contribution < -0.4 is 18.9 Å². The van der Waals surface area contributed by atoms with E-state index in [9.17, 15) is 20.3 Å². The molecule has 71 heavy (non-hydrogen) atoms. The summed E-state index contributed by atoms with van der Waals surface area (Å²) in [5.74, 6) is 0.314. The number of hydrogen-bond acceptors (Lipinski definition) is 12. The third kappa shape index (κ3) is 10.5. The molecule has 4 aliphatic rings. The summed E-state index contributed by atoms with van der Waals surface area (Å²) in [7, 11) is 1.51. The maximum Gasteiger partial charge on any atom is 0.269 e. The van der Waals surface area contributed by atoms with Crippen molar-refractivity contribution < 1.29 is 48.5 Å². The van der Waals surface area contributed by atoms with Crippen molar-refractivity contribution >= 4 is 23.4 Å². The number of benzene rings is 5. The van der Waals surface area contributed by atoms with Gasteiger partial charge in [-0.3, -0.25) is 14.9 Å². The molecule has 0 spiro atoms. The number of allylic oxidation sites excluding steroid dienone is 1. The van der Waals surface area contributed by atoms with E-state index in [-0.39, 0.29) is 68.9 Å². The van der Waals surface area contributed by atoms with Crippen LogP contribution in [0.1, 0.15) is 67.6 Å². The number of carbonyl (C=O) groups is 1. The Morgan fingerprint density at radius 2 is 1.59 bits per heavy atom. The molecule has 6 atom stereocenters. The molecule has 0 aromatic heterocycles. The first-order valence-electron chi connectivity index (χ1n) is 24.3. The molecule has 1 amide bonds. The minimum atomic E-state index is -1.53. The number of nitro groups is 1. The van der Waals surface area contributed by atoms with Crippen molar-refractivity contribution in [2.45, 2.75) is 69.2 Å². The van der Waals surface area contributed by atoms with Gasteiger partial charge in [0, 0.05) is 55.9 Å². The number of carbonyl (C=O) groups excluding carboxylic acids is 1. The Kier molecular flexibility index (Phi) is 15.3. The molecule has 0 radical (unpaired) electrons. The quantitative estimate of drug-likeness (QED) is 0.0236. The average molecular weight is 962 g/mol. The Labute approximate surface area is 413 Å². The van der Waals surface area contributed by atoms with E-state index >= 15 is 4.79 Å². The van der Waals surface area contributed by atoms with E-state index in [1.807, 2.05) is 72.8 Å². The second-order valence-corrected chi connectivity index (χ2v) is 18.3. The van der Waals surface area contributed by atoms with Crippen molar-refractivity contribution in [3.8, 4) is 39.9 Å². The summed E-state index contributed by atoms with van der Waals surface area (Å²) in [5.41, 5.74) is 5.93. The molecular formula is C57H59N3O11. The molecule has 2 aliphatic carbocycles. The van der Waals surface area contributed by atoms with Crippen molar-refractivity contribution in [1.29, 1.82) is 0 Å². The van der Waals surface area contributed by atoms with Gasteiger partial charge in [0.05, 0.1) is 23.2 Å². The molecule has 1 fully saturated rings. The van der Waals surface area contributed by atoms with Crippen LogP contribution >= 0.6 is 0 Å². The topological polar surface area (TPSA) is 172 Å².